The zero-order valence-corrected chi connectivity index (χ0v) is 15.6. The number of aliphatic hydroxyl groups is 1. The Bertz CT molecular complexity index is 622. The smallest absolute Gasteiger partial charge is 0.0982 e. The number of fused-ring (bicyclic) bond motifs is 3. The van der Waals surface area contributed by atoms with Crippen molar-refractivity contribution in [1.29, 1.82) is 0 Å². The lowest BCUT2D eigenvalue weighted by Crippen LogP contribution is -2.47. The van der Waals surface area contributed by atoms with Crippen LogP contribution in [0.3, 0.4) is 0 Å². The molecule has 0 aromatic carbocycles. The van der Waals surface area contributed by atoms with Crippen LogP contribution >= 0.6 is 0 Å². The second-order valence-corrected chi connectivity index (χ2v) is 9.21. The van der Waals surface area contributed by atoms with Crippen LogP contribution in [0.1, 0.15) is 66.2 Å². The molecule has 0 bridgehead atoms. The predicted octanol–water partition coefficient (Wildman–Crippen LogP) is 5.71. The third-order valence-corrected chi connectivity index (χ3v) is 7.48. The monoisotopic (exact) mass is 328 g/mol. The van der Waals surface area contributed by atoms with Gasteiger partial charge < -0.3 is 9.84 Å². The lowest BCUT2D eigenvalue weighted by Gasteiger charge is -2.46. The van der Waals surface area contributed by atoms with Gasteiger partial charge in [-0.3, -0.25) is 0 Å². The molecule has 0 aromatic heterocycles. The summed E-state index contributed by atoms with van der Waals surface area (Å²) < 4.78 is 6.88. The number of ether oxygens (including phenoxy) is 1. The van der Waals surface area contributed by atoms with E-state index in [4.69, 9.17) is 4.74 Å². The maximum atomic E-state index is 10.4. The first-order chi connectivity index (χ1) is 11.4. The van der Waals surface area contributed by atoms with E-state index in [2.05, 4.69) is 39.8 Å². The summed E-state index contributed by atoms with van der Waals surface area (Å²) in [6.07, 6.45) is 13.4. The molecule has 0 amide bonds. The SMILES string of the molecule is CC(C)=CCC1=CC=C(O)C2CCC3(CC[C@@]4(C(C)C)C[C@@H]34)OC12. The second kappa shape index (κ2) is 5.49. The van der Waals surface area contributed by atoms with Gasteiger partial charge in [0.15, 0.2) is 0 Å². The normalized spacial score (nSPS) is 43.1. The van der Waals surface area contributed by atoms with Crippen molar-refractivity contribution >= 4 is 0 Å². The minimum absolute atomic E-state index is 0.0860. The molecule has 3 aliphatic carbocycles. The standard InChI is InChI=1S/C22H32O2/c1-14(2)5-6-16-7-8-18(23)17-9-10-22(24-20(16)17)12-11-21(15(3)4)13-19(21)22/h5,7-8,15,17,19-20,23H,6,9-13H2,1-4H3/t17?,19-,20?,21+,22?/m1/s1. The molecular weight excluding hydrogens is 296 g/mol. The van der Waals surface area contributed by atoms with Gasteiger partial charge in [-0.15, -0.1) is 0 Å². The molecule has 3 unspecified atom stereocenters. The molecule has 24 heavy (non-hydrogen) atoms. The fourth-order valence-corrected chi connectivity index (χ4v) is 5.79. The molecular formula is C22H32O2. The average molecular weight is 328 g/mol. The number of aliphatic hydroxyl groups excluding tert-OH is 1. The van der Waals surface area contributed by atoms with Crippen LogP contribution in [0.5, 0.6) is 0 Å². The van der Waals surface area contributed by atoms with E-state index in [1.807, 2.05) is 6.08 Å². The summed E-state index contributed by atoms with van der Waals surface area (Å²) in [6, 6.07) is 0. The molecule has 3 fully saturated rings. The van der Waals surface area contributed by atoms with Crippen LogP contribution in [0, 0.1) is 23.2 Å². The van der Waals surface area contributed by atoms with Crippen molar-refractivity contribution in [3.8, 4) is 0 Å². The molecule has 1 heterocycles. The fraction of sp³-hybridized carbons (Fsp3) is 0.727. The first kappa shape index (κ1) is 16.4. The average Bonchev–Trinajstić information content (AvgIpc) is 3.23. The van der Waals surface area contributed by atoms with Crippen LogP contribution in [0.4, 0.5) is 0 Å². The van der Waals surface area contributed by atoms with Crippen molar-refractivity contribution in [3.63, 3.8) is 0 Å². The highest BCUT2D eigenvalue weighted by atomic mass is 16.5. The van der Waals surface area contributed by atoms with Crippen molar-refractivity contribution < 1.29 is 9.84 Å². The minimum Gasteiger partial charge on any atom is -0.512 e. The lowest BCUT2D eigenvalue weighted by molar-refractivity contribution is -0.147. The second-order valence-electron chi connectivity index (χ2n) is 9.21. The molecule has 5 atom stereocenters. The van der Waals surface area contributed by atoms with E-state index in [0.29, 0.717) is 11.2 Å². The summed E-state index contributed by atoms with van der Waals surface area (Å²) in [5.74, 6) is 2.22. The van der Waals surface area contributed by atoms with E-state index in [0.717, 1.165) is 31.1 Å². The quantitative estimate of drug-likeness (QED) is 0.672. The van der Waals surface area contributed by atoms with E-state index in [-0.39, 0.29) is 17.6 Å². The van der Waals surface area contributed by atoms with Gasteiger partial charge in [-0.1, -0.05) is 31.6 Å². The highest BCUT2D eigenvalue weighted by Gasteiger charge is 2.70. The predicted molar refractivity (Wildman–Crippen MR) is 97.8 cm³/mol. The summed E-state index contributed by atoms with van der Waals surface area (Å²) >= 11 is 0. The van der Waals surface area contributed by atoms with E-state index >= 15 is 0 Å². The first-order valence-electron chi connectivity index (χ1n) is 9.79. The Morgan fingerprint density at radius 1 is 1.29 bits per heavy atom. The first-order valence-corrected chi connectivity index (χ1v) is 9.79. The molecule has 1 N–H and O–H groups in total. The van der Waals surface area contributed by atoms with Gasteiger partial charge in [-0.05, 0) is 81.3 Å². The van der Waals surface area contributed by atoms with Gasteiger partial charge in [0, 0.05) is 5.92 Å². The van der Waals surface area contributed by atoms with Gasteiger partial charge in [-0.2, -0.15) is 0 Å². The van der Waals surface area contributed by atoms with Crippen molar-refractivity contribution in [2.45, 2.75) is 77.9 Å². The van der Waals surface area contributed by atoms with Crippen LogP contribution in [-0.2, 0) is 4.74 Å². The molecule has 2 nitrogen and oxygen atoms in total. The topological polar surface area (TPSA) is 29.5 Å². The minimum atomic E-state index is 0.0860. The summed E-state index contributed by atoms with van der Waals surface area (Å²) in [4.78, 5) is 0. The third kappa shape index (κ3) is 2.33. The van der Waals surface area contributed by atoms with Crippen LogP contribution in [0.25, 0.3) is 0 Å². The molecule has 4 rings (SSSR count). The Morgan fingerprint density at radius 3 is 2.71 bits per heavy atom. The van der Waals surface area contributed by atoms with Crippen LogP contribution in [0.2, 0.25) is 0 Å². The number of rotatable bonds is 3. The largest absolute Gasteiger partial charge is 0.512 e. The van der Waals surface area contributed by atoms with Gasteiger partial charge >= 0.3 is 0 Å². The van der Waals surface area contributed by atoms with Gasteiger partial charge in [0.1, 0.15) is 0 Å². The maximum Gasteiger partial charge on any atom is 0.0982 e. The Hall–Kier alpha value is -1.02. The molecule has 1 saturated heterocycles. The lowest BCUT2D eigenvalue weighted by atomic mass is 9.76. The zero-order chi connectivity index (χ0) is 17.1. The summed E-state index contributed by atoms with van der Waals surface area (Å²) in [7, 11) is 0. The van der Waals surface area contributed by atoms with E-state index in [9.17, 15) is 5.11 Å². The van der Waals surface area contributed by atoms with Gasteiger partial charge in [-0.25, -0.2) is 0 Å². The van der Waals surface area contributed by atoms with Crippen LogP contribution < -0.4 is 0 Å². The molecule has 1 spiro atoms. The van der Waals surface area contributed by atoms with Crippen LogP contribution in [0.15, 0.2) is 35.1 Å². The maximum absolute atomic E-state index is 10.4. The Balaban J connectivity index is 1.57. The van der Waals surface area contributed by atoms with Gasteiger partial charge in [0.2, 0.25) is 0 Å². The molecule has 132 valence electrons. The van der Waals surface area contributed by atoms with Crippen molar-refractivity contribution in [3.05, 3.63) is 35.1 Å². The molecule has 0 aromatic rings. The summed E-state index contributed by atoms with van der Waals surface area (Å²) in [5, 5.41) is 10.4. The molecule has 0 radical (unpaired) electrons. The fourth-order valence-electron chi connectivity index (χ4n) is 5.79. The molecule has 4 aliphatic rings. The van der Waals surface area contributed by atoms with Gasteiger partial charge in [0.05, 0.1) is 17.5 Å². The van der Waals surface area contributed by atoms with Gasteiger partial charge in [0.25, 0.3) is 0 Å². The van der Waals surface area contributed by atoms with Crippen molar-refractivity contribution in [2.75, 3.05) is 0 Å². The number of hydrogen-bond donors (Lipinski definition) is 1. The van der Waals surface area contributed by atoms with Crippen molar-refractivity contribution in [2.24, 2.45) is 23.2 Å². The number of allylic oxidation sites excluding steroid dienone is 4. The van der Waals surface area contributed by atoms with E-state index in [1.54, 1.807) is 0 Å². The number of hydrogen-bond acceptors (Lipinski definition) is 2. The van der Waals surface area contributed by atoms with Crippen LogP contribution in [-0.4, -0.2) is 16.8 Å². The molecule has 1 aliphatic heterocycles. The summed E-state index contributed by atoms with van der Waals surface area (Å²) in [6.45, 7) is 9.07. The Morgan fingerprint density at radius 2 is 2.08 bits per heavy atom. The molecule has 2 saturated carbocycles. The highest BCUT2D eigenvalue weighted by molar-refractivity contribution is 5.32. The Kier molecular flexibility index (Phi) is 3.76. The third-order valence-electron chi connectivity index (χ3n) is 7.48. The Labute approximate surface area is 146 Å². The van der Waals surface area contributed by atoms with E-state index in [1.165, 1.54) is 30.4 Å². The highest BCUT2D eigenvalue weighted by Crippen LogP contribution is 2.74. The summed E-state index contributed by atoms with van der Waals surface area (Å²) in [5.41, 5.74) is 3.34. The zero-order valence-electron chi connectivity index (χ0n) is 15.6. The van der Waals surface area contributed by atoms with Crippen molar-refractivity contribution in [1.82, 2.24) is 0 Å². The molecule has 2 heteroatoms. The van der Waals surface area contributed by atoms with E-state index < -0.39 is 0 Å².